The minimum absolute atomic E-state index is 0.0161. The van der Waals surface area contributed by atoms with Crippen LogP contribution in [-0.4, -0.2) is 44.6 Å². The molecule has 1 aromatic carbocycles. The average Bonchev–Trinajstić information content (AvgIpc) is 3.19. The van der Waals surface area contributed by atoms with Gasteiger partial charge in [-0.05, 0) is 47.6 Å². The van der Waals surface area contributed by atoms with Gasteiger partial charge in [0.05, 0.1) is 24.4 Å². The third-order valence-electron chi connectivity index (χ3n) is 4.80. The molecule has 138 valence electrons. The number of nitrogens with one attached hydrogen (secondary N) is 1. The Morgan fingerprint density at radius 1 is 1.31 bits per heavy atom. The predicted octanol–water partition coefficient (Wildman–Crippen LogP) is 2.21. The van der Waals surface area contributed by atoms with Crippen LogP contribution in [0, 0.1) is 5.92 Å². The van der Waals surface area contributed by atoms with E-state index in [1.807, 2.05) is 18.2 Å². The highest BCUT2D eigenvalue weighted by atomic mass is 32.2. The molecule has 1 saturated heterocycles. The number of thioether (sulfide) groups is 1. The lowest BCUT2D eigenvalue weighted by Crippen LogP contribution is -2.31. The number of carbonyl (C=O) groups is 1. The lowest BCUT2D eigenvalue weighted by molar-refractivity contribution is -0.119. The van der Waals surface area contributed by atoms with Crippen LogP contribution in [0.1, 0.15) is 37.3 Å². The topological polar surface area (TPSA) is 81.9 Å². The number of rotatable bonds is 8. The summed E-state index contributed by atoms with van der Waals surface area (Å²) in [5.41, 5.74) is 1.18. The van der Waals surface area contributed by atoms with Crippen molar-refractivity contribution >= 4 is 17.7 Å². The standard InChI is InChI=1S/C18H23N5O2S/c24-16(19-17(14-8-9-14)13-5-2-1-3-6-13)12-26-18-20-21-22-23(18)11-15-7-4-10-25-15/h1-3,5-6,14-15,17H,4,7-12H2,(H,19,24). The minimum Gasteiger partial charge on any atom is -0.376 e. The molecule has 0 bridgehead atoms. The first kappa shape index (κ1) is 17.5. The van der Waals surface area contributed by atoms with Crippen molar-refractivity contribution in [1.82, 2.24) is 25.5 Å². The monoisotopic (exact) mass is 373 g/mol. The molecule has 7 nitrogen and oxygen atoms in total. The number of nitrogens with zero attached hydrogens (tertiary/aromatic N) is 4. The first-order valence-electron chi connectivity index (χ1n) is 9.14. The summed E-state index contributed by atoms with van der Waals surface area (Å²) in [6.07, 6.45) is 4.63. The maximum Gasteiger partial charge on any atom is 0.230 e. The second-order valence-corrected chi connectivity index (χ2v) is 7.80. The van der Waals surface area contributed by atoms with Crippen molar-refractivity contribution in [2.45, 2.75) is 49.5 Å². The zero-order chi connectivity index (χ0) is 17.8. The molecule has 2 atom stereocenters. The molecular weight excluding hydrogens is 350 g/mol. The number of hydrogen-bond acceptors (Lipinski definition) is 6. The Hall–Kier alpha value is -1.93. The number of amides is 1. The molecule has 2 aliphatic rings. The molecule has 1 amide bonds. The minimum atomic E-state index is 0.0161. The van der Waals surface area contributed by atoms with Crippen LogP contribution in [0.15, 0.2) is 35.5 Å². The predicted molar refractivity (Wildman–Crippen MR) is 97.6 cm³/mol. The number of aromatic nitrogens is 4. The van der Waals surface area contributed by atoms with Crippen LogP contribution < -0.4 is 5.32 Å². The number of ether oxygens (including phenoxy) is 1. The van der Waals surface area contributed by atoms with Crippen molar-refractivity contribution in [3.05, 3.63) is 35.9 Å². The fourth-order valence-electron chi connectivity index (χ4n) is 3.30. The fraction of sp³-hybridized carbons (Fsp3) is 0.556. The highest BCUT2D eigenvalue weighted by Gasteiger charge is 2.33. The molecule has 2 heterocycles. The molecule has 1 aliphatic heterocycles. The van der Waals surface area contributed by atoms with Gasteiger partial charge in [-0.3, -0.25) is 4.79 Å². The van der Waals surface area contributed by atoms with E-state index < -0.39 is 0 Å². The summed E-state index contributed by atoms with van der Waals surface area (Å²) in [5, 5.41) is 15.7. The quantitative estimate of drug-likeness (QED) is 0.715. The van der Waals surface area contributed by atoms with Crippen LogP contribution in [-0.2, 0) is 16.1 Å². The van der Waals surface area contributed by atoms with E-state index in [-0.39, 0.29) is 18.1 Å². The van der Waals surface area contributed by atoms with Crippen molar-refractivity contribution in [3.8, 4) is 0 Å². The van der Waals surface area contributed by atoms with Crippen LogP contribution >= 0.6 is 11.8 Å². The van der Waals surface area contributed by atoms with Crippen molar-refractivity contribution in [3.63, 3.8) is 0 Å². The maximum absolute atomic E-state index is 12.5. The van der Waals surface area contributed by atoms with Gasteiger partial charge in [-0.15, -0.1) is 5.10 Å². The summed E-state index contributed by atoms with van der Waals surface area (Å²) in [5.74, 6) is 0.876. The third-order valence-corrected chi connectivity index (χ3v) is 5.76. The molecule has 0 radical (unpaired) electrons. The Labute approximate surface area is 156 Å². The van der Waals surface area contributed by atoms with Gasteiger partial charge in [0.1, 0.15) is 0 Å². The van der Waals surface area contributed by atoms with Crippen LogP contribution in [0.2, 0.25) is 0 Å². The summed E-state index contributed by atoms with van der Waals surface area (Å²) in [6, 6.07) is 10.3. The lowest BCUT2D eigenvalue weighted by Gasteiger charge is -2.18. The second kappa shape index (κ2) is 8.18. The van der Waals surface area contributed by atoms with E-state index in [2.05, 4.69) is 33.0 Å². The Morgan fingerprint density at radius 2 is 2.15 bits per heavy atom. The largest absolute Gasteiger partial charge is 0.376 e. The summed E-state index contributed by atoms with van der Waals surface area (Å²) < 4.78 is 7.38. The van der Waals surface area contributed by atoms with Crippen molar-refractivity contribution < 1.29 is 9.53 Å². The van der Waals surface area contributed by atoms with E-state index in [0.717, 1.165) is 19.4 Å². The summed E-state index contributed by atoms with van der Waals surface area (Å²) in [7, 11) is 0. The normalized spacial score (nSPS) is 20.8. The van der Waals surface area contributed by atoms with Gasteiger partial charge < -0.3 is 10.1 Å². The molecule has 1 aliphatic carbocycles. The Kier molecular flexibility index (Phi) is 5.50. The van der Waals surface area contributed by atoms with Gasteiger partial charge in [0.25, 0.3) is 0 Å². The Morgan fingerprint density at radius 3 is 2.88 bits per heavy atom. The van der Waals surface area contributed by atoms with Gasteiger partial charge in [0, 0.05) is 6.61 Å². The molecule has 8 heteroatoms. The van der Waals surface area contributed by atoms with Crippen LogP contribution in [0.3, 0.4) is 0 Å². The molecule has 2 fully saturated rings. The number of carbonyl (C=O) groups excluding carboxylic acids is 1. The molecule has 0 spiro atoms. The second-order valence-electron chi connectivity index (χ2n) is 6.86. The van der Waals surface area contributed by atoms with Crippen molar-refractivity contribution in [2.24, 2.45) is 5.92 Å². The van der Waals surface area contributed by atoms with E-state index in [0.29, 0.717) is 23.4 Å². The first-order chi connectivity index (χ1) is 12.8. The highest BCUT2D eigenvalue weighted by Crippen LogP contribution is 2.41. The van der Waals surface area contributed by atoms with Crippen LogP contribution in [0.5, 0.6) is 0 Å². The molecule has 1 saturated carbocycles. The lowest BCUT2D eigenvalue weighted by atomic mass is 10.0. The van der Waals surface area contributed by atoms with E-state index in [9.17, 15) is 4.79 Å². The van der Waals surface area contributed by atoms with Gasteiger partial charge in [-0.25, -0.2) is 4.68 Å². The molecule has 26 heavy (non-hydrogen) atoms. The van der Waals surface area contributed by atoms with E-state index in [1.54, 1.807) is 4.68 Å². The summed E-state index contributed by atoms with van der Waals surface area (Å²) in [4.78, 5) is 12.5. The van der Waals surface area contributed by atoms with Crippen molar-refractivity contribution in [1.29, 1.82) is 0 Å². The van der Waals surface area contributed by atoms with Gasteiger partial charge in [-0.1, -0.05) is 42.1 Å². The van der Waals surface area contributed by atoms with Crippen LogP contribution in [0.25, 0.3) is 0 Å². The zero-order valence-electron chi connectivity index (χ0n) is 14.6. The highest BCUT2D eigenvalue weighted by molar-refractivity contribution is 7.99. The maximum atomic E-state index is 12.5. The number of benzene rings is 1. The Bertz CT molecular complexity index is 728. The fourth-order valence-corrected chi connectivity index (χ4v) is 4.00. The van der Waals surface area contributed by atoms with Gasteiger partial charge in [0.2, 0.25) is 11.1 Å². The van der Waals surface area contributed by atoms with E-state index in [1.165, 1.54) is 30.2 Å². The molecule has 2 unspecified atom stereocenters. The molecular formula is C18H23N5O2S. The number of hydrogen-bond donors (Lipinski definition) is 1. The molecule has 1 N–H and O–H groups in total. The van der Waals surface area contributed by atoms with Gasteiger partial charge in [-0.2, -0.15) is 0 Å². The molecule has 1 aromatic heterocycles. The van der Waals surface area contributed by atoms with Gasteiger partial charge in [0.15, 0.2) is 0 Å². The number of tetrazole rings is 1. The van der Waals surface area contributed by atoms with E-state index >= 15 is 0 Å². The molecule has 2 aromatic rings. The van der Waals surface area contributed by atoms with Crippen molar-refractivity contribution in [2.75, 3.05) is 12.4 Å². The zero-order valence-corrected chi connectivity index (χ0v) is 15.4. The average molecular weight is 373 g/mol. The van der Waals surface area contributed by atoms with E-state index in [4.69, 9.17) is 4.74 Å². The SMILES string of the molecule is O=C(CSc1nnnn1CC1CCCO1)NC(c1ccccc1)C1CC1. The smallest absolute Gasteiger partial charge is 0.230 e. The Balaban J connectivity index is 1.32. The summed E-state index contributed by atoms with van der Waals surface area (Å²) in [6.45, 7) is 1.45. The van der Waals surface area contributed by atoms with Crippen LogP contribution in [0.4, 0.5) is 0 Å². The summed E-state index contributed by atoms with van der Waals surface area (Å²) >= 11 is 1.37. The van der Waals surface area contributed by atoms with Gasteiger partial charge >= 0.3 is 0 Å². The third kappa shape index (κ3) is 4.42. The first-order valence-corrected chi connectivity index (χ1v) is 10.1. The molecule has 4 rings (SSSR count).